The summed E-state index contributed by atoms with van der Waals surface area (Å²) in [4.78, 5) is -1.22. The second kappa shape index (κ2) is 7.16. The molecule has 1 unspecified atom stereocenters. The topological polar surface area (TPSA) is 118 Å². The quantitative estimate of drug-likeness (QED) is 0.677. The van der Waals surface area contributed by atoms with Crippen LogP contribution in [-0.2, 0) is 25.8 Å². The summed E-state index contributed by atoms with van der Waals surface area (Å²) in [5.74, 6) is -0.0233. The minimum Gasteiger partial charge on any atom is -0.367 e. The number of nitrogens with two attached hydrogens (primary N) is 1. The van der Waals surface area contributed by atoms with Crippen molar-refractivity contribution in [3.63, 3.8) is 0 Å². The molecule has 1 aliphatic heterocycles. The highest BCUT2D eigenvalue weighted by Gasteiger charge is 2.32. The molecule has 1 aliphatic rings. The molecule has 3 rings (SSSR count). The van der Waals surface area contributed by atoms with Crippen molar-refractivity contribution in [3.05, 3.63) is 53.8 Å². The second-order valence-electron chi connectivity index (χ2n) is 5.64. The van der Waals surface area contributed by atoms with E-state index in [0.29, 0.717) is 11.5 Å². The highest BCUT2D eigenvalue weighted by atomic mass is 32.2. The van der Waals surface area contributed by atoms with Gasteiger partial charge in [-0.25, -0.2) is 26.4 Å². The standard InChI is InChI=1S/C15H16FN3O4S3/c16-11-6-12-14(7-13(11)25(17,20)21)26(22,23)19-15(18-12)9-24-8-10-4-2-1-3-5-10/h1-7,15,18-19H,8-9H2,(H2,17,20,21). The van der Waals surface area contributed by atoms with Crippen LogP contribution in [0.3, 0.4) is 0 Å². The van der Waals surface area contributed by atoms with Crippen molar-refractivity contribution in [1.29, 1.82) is 0 Å². The Morgan fingerprint density at radius 3 is 2.54 bits per heavy atom. The first-order chi connectivity index (χ1) is 12.2. The van der Waals surface area contributed by atoms with E-state index in [0.717, 1.165) is 17.7 Å². The third-order valence-corrected chi connectivity index (χ3v) is 7.20. The van der Waals surface area contributed by atoms with Crippen molar-refractivity contribution >= 4 is 37.5 Å². The number of hydrogen-bond acceptors (Lipinski definition) is 6. The molecule has 26 heavy (non-hydrogen) atoms. The zero-order valence-corrected chi connectivity index (χ0v) is 15.8. The fourth-order valence-electron chi connectivity index (χ4n) is 2.50. The van der Waals surface area contributed by atoms with Gasteiger partial charge in [-0.2, -0.15) is 16.5 Å². The number of anilines is 1. The Bertz CT molecular complexity index is 1030. The molecule has 7 nitrogen and oxygen atoms in total. The lowest BCUT2D eigenvalue weighted by molar-refractivity contribution is 0.556. The molecule has 0 amide bonds. The van der Waals surface area contributed by atoms with E-state index < -0.39 is 36.9 Å². The van der Waals surface area contributed by atoms with Crippen molar-refractivity contribution in [3.8, 4) is 0 Å². The molecule has 0 fully saturated rings. The van der Waals surface area contributed by atoms with E-state index in [2.05, 4.69) is 10.0 Å². The summed E-state index contributed by atoms with van der Waals surface area (Å²) in [6.07, 6.45) is -0.652. The number of primary sulfonamides is 1. The molecule has 140 valence electrons. The van der Waals surface area contributed by atoms with Crippen LogP contribution in [0.5, 0.6) is 0 Å². The Morgan fingerprint density at radius 2 is 1.88 bits per heavy atom. The van der Waals surface area contributed by atoms with Crippen molar-refractivity contribution in [2.24, 2.45) is 5.14 Å². The number of hydrogen-bond donors (Lipinski definition) is 3. The van der Waals surface area contributed by atoms with Crippen LogP contribution in [0, 0.1) is 5.82 Å². The SMILES string of the molecule is NS(=O)(=O)c1cc2c(cc1F)NC(CSCc1ccccc1)NS2(=O)=O. The van der Waals surface area contributed by atoms with Gasteiger partial charge in [-0.1, -0.05) is 30.3 Å². The van der Waals surface area contributed by atoms with Gasteiger partial charge in [0.1, 0.15) is 15.6 Å². The molecule has 0 aromatic heterocycles. The molecule has 4 N–H and O–H groups in total. The number of fused-ring (bicyclic) bond motifs is 1. The van der Waals surface area contributed by atoms with Crippen LogP contribution in [-0.4, -0.2) is 28.8 Å². The summed E-state index contributed by atoms with van der Waals surface area (Å²) in [6.45, 7) is 0. The summed E-state index contributed by atoms with van der Waals surface area (Å²) < 4.78 is 64.0. The Hall–Kier alpha value is -1.66. The molecule has 0 radical (unpaired) electrons. The average molecular weight is 418 g/mol. The maximum atomic E-state index is 14.0. The Balaban J connectivity index is 1.79. The maximum Gasteiger partial charge on any atom is 0.244 e. The van der Waals surface area contributed by atoms with Gasteiger partial charge in [-0.3, -0.25) is 0 Å². The van der Waals surface area contributed by atoms with Crippen LogP contribution in [0.25, 0.3) is 0 Å². The Labute approximate surface area is 155 Å². The summed E-state index contributed by atoms with van der Waals surface area (Å²) in [7, 11) is -8.37. The maximum absolute atomic E-state index is 14.0. The fourth-order valence-corrected chi connectivity index (χ4v) is 5.57. The van der Waals surface area contributed by atoms with E-state index >= 15 is 0 Å². The summed E-state index contributed by atoms with van der Waals surface area (Å²) in [5, 5.41) is 7.79. The van der Waals surface area contributed by atoms with E-state index in [1.54, 1.807) is 0 Å². The van der Waals surface area contributed by atoms with Crippen LogP contribution < -0.4 is 15.2 Å². The smallest absolute Gasteiger partial charge is 0.244 e. The third kappa shape index (κ3) is 4.18. The minimum absolute atomic E-state index is 0.000962. The summed E-state index contributed by atoms with van der Waals surface area (Å²) >= 11 is 1.50. The predicted molar refractivity (Wildman–Crippen MR) is 98.1 cm³/mol. The van der Waals surface area contributed by atoms with Crippen molar-refractivity contribution in [2.45, 2.75) is 21.7 Å². The number of sulfonamides is 2. The van der Waals surface area contributed by atoms with Gasteiger partial charge in [0.25, 0.3) is 0 Å². The average Bonchev–Trinajstić information content (AvgIpc) is 2.53. The minimum atomic E-state index is -4.37. The second-order valence-corrected chi connectivity index (χ2v) is 9.89. The molecule has 11 heteroatoms. The van der Waals surface area contributed by atoms with Gasteiger partial charge in [0, 0.05) is 11.5 Å². The first-order valence-electron chi connectivity index (χ1n) is 7.44. The van der Waals surface area contributed by atoms with Crippen LogP contribution >= 0.6 is 11.8 Å². The summed E-state index contributed by atoms with van der Waals surface area (Å²) in [5.41, 5.74) is 1.10. The molecule has 0 saturated carbocycles. The van der Waals surface area contributed by atoms with E-state index in [-0.39, 0.29) is 10.6 Å². The number of halogens is 1. The molecule has 2 aromatic carbocycles. The molecule has 0 spiro atoms. The van der Waals surface area contributed by atoms with Crippen LogP contribution in [0.1, 0.15) is 5.56 Å². The molecule has 1 atom stereocenters. The fraction of sp³-hybridized carbons (Fsp3) is 0.200. The first kappa shape index (κ1) is 19.1. The van der Waals surface area contributed by atoms with Gasteiger partial charge in [0.15, 0.2) is 0 Å². The van der Waals surface area contributed by atoms with Crippen molar-refractivity contribution < 1.29 is 21.2 Å². The largest absolute Gasteiger partial charge is 0.367 e. The molecule has 0 saturated heterocycles. The lowest BCUT2D eigenvalue weighted by Crippen LogP contribution is -2.46. The molecule has 0 bridgehead atoms. The van der Waals surface area contributed by atoms with E-state index in [4.69, 9.17) is 5.14 Å². The van der Waals surface area contributed by atoms with E-state index in [9.17, 15) is 21.2 Å². The van der Waals surface area contributed by atoms with Gasteiger partial charge in [-0.15, -0.1) is 0 Å². The Kier molecular flexibility index (Phi) is 5.26. The normalized spacial score (nSPS) is 18.8. The first-order valence-corrected chi connectivity index (χ1v) is 11.6. The highest BCUT2D eigenvalue weighted by Crippen LogP contribution is 2.31. The molecule has 0 aliphatic carbocycles. The van der Waals surface area contributed by atoms with Crippen LogP contribution in [0.4, 0.5) is 10.1 Å². The van der Waals surface area contributed by atoms with Crippen LogP contribution in [0.2, 0.25) is 0 Å². The van der Waals surface area contributed by atoms with Crippen molar-refractivity contribution in [2.75, 3.05) is 11.1 Å². The van der Waals surface area contributed by atoms with Gasteiger partial charge in [-0.05, 0) is 17.7 Å². The number of benzene rings is 2. The van der Waals surface area contributed by atoms with Gasteiger partial charge >= 0.3 is 0 Å². The van der Waals surface area contributed by atoms with Gasteiger partial charge in [0.2, 0.25) is 20.0 Å². The zero-order valence-electron chi connectivity index (χ0n) is 13.3. The monoisotopic (exact) mass is 417 g/mol. The molecular formula is C15H16FN3O4S3. The summed E-state index contributed by atoms with van der Waals surface area (Å²) in [6, 6.07) is 11.2. The van der Waals surface area contributed by atoms with Gasteiger partial charge < -0.3 is 5.32 Å². The lowest BCUT2D eigenvalue weighted by atomic mass is 10.2. The lowest BCUT2D eigenvalue weighted by Gasteiger charge is -2.28. The number of nitrogens with one attached hydrogen (secondary N) is 2. The molecular weight excluding hydrogens is 401 g/mol. The van der Waals surface area contributed by atoms with Crippen LogP contribution in [0.15, 0.2) is 52.3 Å². The molecule has 1 heterocycles. The Morgan fingerprint density at radius 1 is 1.19 bits per heavy atom. The zero-order chi connectivity index (χ0) is 18.9. The van der Waals surface area contributed by atoms with Crippen molar-refractivity contribution in [1.82, 2.24) is 4.72 Å². The highest BCUT2D eigenvalue weighted by molar-refractivity contribution is 7.98. The third-order valence-electron chi connectivity index (χ3n) is 3.65. The van der Waals surface area contributed by atoms with E-state index in [1.807, 2.05) is 30.3 Å². The molecule has 2 aromatic rings. The van der Waals surface area contributed by atoms with Gasteiger partial charge in [0.05, 0.1) is 11.9 Å². The number of thioether (sulfide) groups is 1. The van der Waals surface area contributed by atoms with E-state index in [1.165, 1.54) is 11.8 Å². The number of rotatable bonds is 5. The predicted octanol–water partition coefficient (Wildman–Crippen LogP) is 1.44.